The van der Waals surface area contributed by atoms with Gasteiger partial charge in [0.15, 0.2) is 11.5 Å². The van der Waals surface area contributed by atoms with E-state index in [1.54, 1.807) is 18.2 Å². The first-order chi connectivity index (χ1) is 8.70. The molecule has 2 rings (SSSR count). The van der Waals surface area contributed by atoms with Gasteiger partial charge in [-0.2, -0.15) is 0 Å². The highest BCUT2D eigenvalue weighted by atomic mass is 16.6. The van der Waals surface area contributed by atoms with Crippen molar-refractivity contribution in [2.24, 2.45) is 0 Å². The normalized spacial score (nSPS) is 12.7. The van der Waals surface area contributed by atoms with Crippen LogP contribution in [0.25, 0.3) is 0 Å². The molecule has 18 heavy (non-hydrogen) atoms. The molecule has 1 aromatic rings. The molecule has 1 amide bonds. The minimum Gasteiger partial charge on any atom is -0.486 e. The number of benzene rings is 1. The summed E-state index contributed by atoms with van der Waals surface area (Å²) in [5.41, 5.74) is 0.406. The van der Waals surface area contributed by atoms with Gasteiger partial charge < -0.3 is 19.5 Å². The standard InChI is InChI=1S/C12H13NO5/c1-16-11(14)7-13-12(15)8-2-3-9-10(6-8)18-5-4-17-9/h2-3,6H,4-5,7H2,1H3,(H,13,15). The molecule has 0 fully saturated rings. The highest BCUT2D eigenvalue weighted by Crippen LogP contribution is 2.30. The van der Waals surface area contributed by atoms with Gasteiger partial charge in [-0.25, -0.2) is 0 Å². The van der Waals surface area contributed by atoms with Crippen molar-refractivity contribution in [1.82, 2.24) is 5.32 Å². The maximum Gasteiger partial charge on any atom is 0.325 e. The van der Waals surface area contributed by atoms with E-state index in [2.05, 4.69) is 10.1 Å². The van der Waals surface area contributed by atoms with E-state index in [0.717, 1.165) is 0 Å². The van der Waals surface area contributed by atoms with E-state index in [1.807, 2.05) is 0 Å². The van der Waals surface area contributed by atoms with Crippen LogP contribution in [0.5, 0.6) is 11.5 Å². The van der Waals surface area contributed by atoms with Crippen LogP contribution in [0.4, 0.5) is 0 Å². The molecule has 0 saturated heterocycles. The predicted octanol–water partition coefficient (Wildman–Crippen LogP) is 0.361. The number of nitrogens with one attached hydrogen (secondary N) is 1. The van der Waals surface area contributed by atoms with Crippen molar-refractivity contribution in [2.75, 3.05) is 26.9 Å². The molecule has 0 aromatic heterocycles. The fraction of sp³-hybridized carbons (Fsp3) is 0.333. The maximum absolute atomic E-state index is 11.7. The van der Waals surface area contributed by atoms with Crippen molar-refractivity contribution in [3.05, 3.63) is 23.8 Å². The summed E-state index contributed by atoms with van der Waals surface area (Å²) in [6.07, 6.45) is 0. The van der Waals surface area contributed by atoms with E-state index in [-0.39, 0.29) is 12.5 Å². The van der Waals surface area contributed by atoms with E-state index in [9.17, 15) is 9.59 Å². The van der Waals surface area contributed by atoms with Gasteiger partial charge >= 0.3 is 5.97 Å². The lowest BCUT2D eigenvalue weighted by molar-refractivity contribution is -0.139. The molecule has 1 N–H and O–H groups in total. The van der Waals surface area contributed by atoms with Crippen molar-refractivity contribution in [3.63, 3.8) is 0 Å². The van der Waals surface area contributed by atoms with Crippen LogP contribution in [0.1, 0.15) is 10.4 Å². The van der Waals surface area contributed by atoms with Gasteiger partial charge in [0.1, 0.15) is 19.8 Å². The smallest absolute Gasteiger partial charge is 0.325 e. The Hall–Kier alpha value is -2.24. The van der Waals surface area contributed by atoms with E-state index < -0.39 is 5.97 Å². The minimum atomic E-state index is -0.499. The molecule has 1 aromatic carbocycles. The van der Waals surface area contributed by atoms with Crippen LogP contribution < -0.4 is 14.8 Å². The molecule has 0 bridgehead atoms. The van der Waals surface area contributed by atoms with Gasteiger partial charge in [0.2, 0.25) is 0 Å². The Morgan fingerprint density at radius 3 is 2.72 bits per heavy atom. The van der Waals surface area contributed by atoms with Crippen molar-refractivity contribution >= 4 is 11.9 Å². The number of carbonyl (C=O) groups excluding carboxylic acids is 2. The third kappa shape index (κ3) is 2.71. The number of esters is 1. The quantitative estimate of drug-likeness (QED) is 0.785. The first kappa shape index (κ1) is 12.2. The topological polar surface area (TPSA) is 73.9 Å². The highest BCUT2D eigenvalue weighted by Gasteiger charge is 2.15. The van der Waals surface area contributed by atoms with Gasteiger partial charge in [-0.3, -0.25) is 9.59 Å². The van der Waals surface area contributed by atoms with Crippen LogP contribution in [-0.2, 0) is 9.53 Å². The van der Waals surface area contributed by atoms with Crippen molar-refractivity contribution < 1.29 is 23.8 Å². The summed E-state index contributed by atoms with van der Waals surface area (Å²) >= 11 is 0. The summed E-state index contributed by atoms with van der Waals surface area (Å²) in [6.45, 7) is 0.797. The monoisotopic (exact) mass is 251 g/mol. The second kappa shape index (κ2) is 5.39. The summed E-state index contributed by atoms with van der Waals surface area (Å²) < 4.78 is 15.1. The molecule has 96 valence electrons. The number of hydrogen-bond acceptors (Lipinski definition) is 5. The number of rotatable bonds is 3. The lowest BCUT2D eigenvalue weighted by Crippen LogP contribution is -2.30. The molecule has 0 aliphatic carbocycles. The summed E-state index contributed by atoms with van der Waals surface area (Å²) in [6, 6.07) is 4.86. The fourth-order valence-electron chi connectivity index (χ4n) is 1.51. The fourth-order valence-corrected chi connectivity index (χ4v) is 1.51. The van der Waals surface area contributed by atoms with Crippen LogP contribution in [-0.4, -0.2) is 38.7 Å². The lowest BCUT2D eigenvalue weighted by Gasteiger charge is -2.18. The first-order valence-electron chi connectivity index (χ1n) is 5.45. The Labute approximate surface area is 104 Å². The predicted molar refractivity (Wildman–Crippen MR) is 61.8 cm³/mol. The molecule has 6 heteroatoms. The Balaban J connectivity index is 2.04. The molecule has 6 nitrogen and oxygen atoms in total. The lowest BCUT2D eigenvalue weighted by atomic mass is 10.2. The number of amides is 1. The third-order valence-corrected chi connectivity index (χ3v) is 2.43. The third-order valence-electron chi connectivity index (χ3n) is 2.43. The van der Waals surface area contributed by atoms with Crippen LogP contribution in [0, 0.1) is 0 Å². The van der Waals surface area contributed by atoms with Crippen molar-refractivity contribution in [3.8, 4) is 11.5 Å². The number of hydrogen-bond donors (Lipinski definition) is 1. The average Bonchev–Trinajstić information content (AvgIpc) is 2.43. The Morgan fingerprint density at radius 2 is 2.00 bits per heavy atom. The molecule has 0 radical (unpaired) electrons. The van der Waals surface area contributed by atoms with E-state index in [1.165, 1.54) is 7.11 Å². The zero-order valence-electron chi connectivity index (χ0n) is 9.89. The van der Waals surface area contributed by atoms with Crippen LogP contribution >= 0.6 is 0 Å². The van der Waals surface area contributed by atoms with E-state index >= 15 is 0 Å². The van der Waals surface area contributed by atoms with Crippen molar-refractivity contribution in [2.45, 2.75) is 0 Å². The molecule has 0 unspecified atom stereocenters. The van der Waals surface area contributed by atoms with Gasteiger partial charge in [0.25, 0.3) is 5.91 Å². The maximum atomic E-state index is 11.7. The first-order valence-corrected chi connectivity index (χ1v) is 5.45. The highest BCUT2D eigenvalue weighted by molar-refractivity contribution is 5.96. The van der Waals surface area contributed by atoms with Gasteiger partial charge in [-0.1, -0.05) is 0 Å². The molecular weight excluding hydrogens is 238 g/mol. The summed E-state index contributed by atoms with van der Waals surface area (Å²) in [4.78, 5) is 22.6. The molecule has 1 aliphatic rings. The largest absolute Gasteiger partial charge is 0.486 e. The Kier molecular flexibility index (Phi) is 3.66. The summed E-state index contributed by atoms with van der Waals surface area (Å²) in [5.74, 6) is 0.288. The second-order valence-electron chi connectivity index (χ2n) is 3.62. The van der Waals surface area contributed by atoms with Crippen molar-refractivity contribution in [1.29, 1.82) is 0 Å². The molecule has 0 atom stereocenters. The Morgan fingerprint density at radius 1 is 1.28 bits per heavy atom. The summed E-state index contributed by atoms with van der Waals surface area (Å²) in [5, 5.41) is 2.45. The van der Waals surface area contributed by atoms with Gasteiger partial charge in [-0.15, -0.1) is 0 Å². The molecule has 0 saturated carbocycles. The zero-order chi connectivity index (χ0) is 13.0. The SMILES string of the molecule is COC(=O)CNC(=O)c1ccc2c(c1)OCCO2. The minimum absolute atomic E-state index is 0.163. The number of fused-ring (bicyclic) bond motifs is 1. The second-order valence-corrected chi connectivity index (χ2v) is 3.62. The van der Waals surface area contributed by atoms with E-state index in [0.29, 0.717) is 30.3 Å². The molecule has 1 aliphatic heterocycles. The van der Waals surface area contributed by atoms with Crippen LogP contribution in [0.3, 0.4) is 0 Å². The Bertz CT molecular complexity index is 472. The van der Waals surface area contributed by atoms with Gasteiger partial charge in [0.05, 0.1) is 7.11 Å². The zero-order valence-corrected chi connectivity index (χ0v) is 9.89. The van der Waals surface area contributed by atoms with Crippen LogP contribution in [0.2, 0.25) is 0 Å². The average molecular weight is 251 g/mol. The molecule has 0 spiro atoms. The number of carbonyl (C=O) groups is 2. The number of ether oxygens (including phenoxy) is 3. The molecular formula is C12H13NO5. The summed E-state index contributed by atoms with van der Waals surface area (Å²) in [7, 11) is 1.26. The van der Waals surface area contributed by atoms with Gasteiger partial charge in [0, 0.05) is 5.56 Å². The molecule has 1 heterocycles. The van der Waals surface area contributed by atoms with Gasteiger partial charge in [-0.05, 0) is 18.2 Å². The van der Waals surface area contributed by atoms with E-state index in [4.69, 9.17) is 9.47 Å². The number of methoxy groups -OCH3 is 1. The van der Waals surface area contributed by atoms with Crippen LogP contribution in [0.15, 0.2) is 18.2 Å².